The lowest BCUT2D eigenvalue weighted by atomic mass is 9.98. The van der Waals surface area contributed by atoms with Crippen LogP contribution in [-0.4, -0.2) is 104 Å². The molecule has 6 nitrogen and oxygen atoms in total. The van der Waals surface area contributed by atoms with Gasteiger partial charge in [-0.05, 0) is 6.42 Å². The number of halogens is 13. The molecule has 0 unspecified atom stereocenters. The summed E-state index contributed by atoms with van der Waals surface area (Å²) < 4.78 is 199. The van der Waals surface area contributed by atoms with Gasteiger partial charge in [-0.1, -0.05) is 26.2 Å². The van der Waals surface area contributed by atoms with Crippen molar-refractivity contribution in [3.8, 4) is 0 Å². The minimum atomic E-state index is -8.23. The Kier molecular flexibility index (Phi) is 11.6. The summed E-state index contributed by atoms with van der Waals surface area (Å²) in [6, 6.07) is 0. The summed E-state index contributed by atoms with van der Waals surface area (Å²) in [4.78, 5) is 10.9. The molecular formula is C19H28F13N2O4S+. The van der Waals surface area contributed by atoms with Gasteiger partial charge < -0.3 is 9.59 Å². The summed E-state index contributed by atoms with van der Waals surface area (Å²) >= 11 is 0. The lowest BCUT2D eigenvalue weighted by Crippen LogP contribution is -2.71. The van der Waals surface area contributed by atoms with Crippen molar-refractivity contribution in [3.63, 3.8) is 0 Å². The van der Waals surface area contributed by atoms with Crippen LogP contribution in [0.1, 0.15) is 39.0 Å². The molecule has 234 valence electrons. The Labute approximate surface area is 215 Å². The standard InChI is InChI=1S/C19H27F13N2O4S/c1-4-5-6-7-9-33(10-8-11-34(2,3)12-13(35)36)39(37,38)19(31,32)17(26,27)15(22,23)14(20,21)16(24,25)18(28,29)30/h4-12H2,1-3H3/p+1. The number of rotatable bonds is 17. The maximum atomic E-state index is 14.5. The number of carboxylic acids is 1. The van der Waals surface area contributed by atoms with Gasteiger partial charge in [0, 0.05) is 19.5 Å². The first kappa shape index (κ1) is 37.4. The van der Waals surface area contributed by atoms with Crippen molar-refractivity contribution >= 4 is 16.0 Å². The van der Waals surface area contributed by atoms with Gasteiger partial charge in [-0.15, -0.1) is 0 Å². The quantitative estimate of drug-likeness (QED) is 0.132. The minimum absolute atomic E-state index is 0.0804. The molecule has 0 aliphatic carbocycles. The zero-order valence-electron chi connectivity index (χ0n) is 20.8. The van der Waals surface area contributed by atoms with E-state index < -0.39 is 86.0 Å². The molecule has 0 aromatic heterocycles. The van der Waals surface area contributed by atoms with Crippen LogP contribution < -0.4 is 0 Å². The maximum Gasteiger partial charge on any atom is 0.460 e. The Morgan fingerprint density at radius 2 is 1.15 bits per heavy atom. The normalized spacial score (nSPS) is 15.2. The number of hydrogen-bond acceptors (Lipinski definition) is 3. The number of unbranched alkanes of at least 4 members (excludes halogenated alkanes) is 3. The van der Waals surface area contributed by atoms with Crippen molar-refractivity contribution in [2.45, 2.75) is 74.1 Å². The fourth-order valence-corrected chi connectivity index (χ4v) is 4.78. The molecule has 0 aromatic carbocycles. The Bertz CT molecular complexity index is 938. The number of quaternary nitrogens is 1. The summed E-state index contributed by atoms with van der Waals surface area (Å²) in [5.41, 5.74) is 0. The molecule has 0 atom stereocenters. The van der Waals surface area contributed by atoms with Crippen molar-refractivity contribution in [1.29, 1.82) is 0 Å². The van der Waals surface area contributed by atoms with Crippen LogP contribution in [0.3, 0.4) is 0 Å². The molecular weight excluding hydrogens is 599 g/mol. The first-order valence-corrected chi connectivity index (χ1v) is 12.5. The highest BCUT2D eigenvalue weighted by atomic mass is 32.2. The lowest BCUT2D eigenvalue weighted by molar-refractivity contribution is -0.883. The molecule has 0 aliphatic rings. The van der Waals surface area contributed by atoms with Gasteiger partial charge >= 0.3 is 41.1 Å². The van der Waals surface area contributed by atoms with Crippen LogP contribution in [0, 0.1) is 0 Å². The molecule has 0 aromatic rings. The number of alkyl halides is 13. The third-order valence-electron chi connectivity index (χ3n) is 5.56. The fraction of sp³-hybridized carbons (Fsp3) is 0.947. The largest absolute Gasteiger partial charge is 0.477 e. The van der Waals surface area contributed by atoms with Crippen molar-refractivity contribution in [2.75, 3.05) is 40.3 Å². The number of sulfonamides is 1. The van der Waals surface area contributed by atoms with Crippen molar-refractivity contribution < 1.29 is 79.9 Å². The van der Waals surface area contributed by atoms with E-state index in [1.165, 1.54) is 14.1 Å². The summed E-state index contributed by atoms with van der Waals surface area (Å²) in [7, 11) is -4.57. The molecule has 0 spiro atoms. The molecule has 0 aliphatic heterocycles. The van der Waals surface area contributed by atoms with Gasteiger partial charge in [0.2, 0.25) is 0 Å². The lowest BCUT2D eigenvalue weighted by Gasteiger charge is -2.40. The number of hydrogen-bond donors (Lipinski definition) is 1. The van der Waals surface area contributed by atoms with Crippen LogP contribution in [0.5, 0.6) is 0 Å². The van der Waals surface area contributed by atoms with E-state index in [0.717, 1.165) is 0 Å². The predicted octanol–water partition coefficient (Wildman–Crippen LogP) is 5.45. The third-order valence-corrected chi connectivity index (χ3v) is 7.51. The summed E-state index contributed by atoms with van der Waals surface area (Å²) in [6.07, 6.45) is -7.61. The highest BCUT2D eigenvalue weighted by Crippen LogP contribution is 2.61. The third kappa shape index (κ3) is 7.39. The van der Waals surface area contributed by atoms with Crippen LogP contribution in [0.15, 0.2) is 0 Å². The van der Waals surface area contributed by atoms with Crippen molar-refractivity contribution in [3.05, 3.63) is 0 Å². The molecule has 20 heteroatoms. The Hall–Kier alpha value is -1.57. The van der Waals surface area contributed by atoms with Gasteiger partial charge in [-0.3, -0.25) is 0 Å². The van der Waals surface area contributed by atoms with Gasteiger partial charge in [0.05, 0.1) is 20.6 Å². The zero-order chi connectivity index (χ0) is 31.5. The van der Waals surface area contributed by atoms with Crippen LogP contribution in [0.4, 0.5) is 57.1 Å². The molecule has 0 saturated heterocycles. The first-order valence-electron chi connectivity index (χ1n) is 11.1. The van der Waals surface area contributed by atoms with E-state index in [9.17, 15) is 70.3 Å². The average Bonchev–Trinajstić information content (AvgIpc) is 2.72. The number of carbonyl (C=O) groups is 1. The van der Waals surface area contributed by atoms with E-state index in [1.54, 1.807) is 6.92 Å². The second-order valence-corrected chi connectivity index (χ2v) is 11.3. The van der Waals surface area contributed by atoms with Crippen LogP contribution in [0.2, 0.25) is 0 Å². The van der Waals surface area contributed by atoms with Crippen LogP contribution in [-0.2, 0) is 14.8 Å². The van der Waals surface area contributed by atoms with Crippen molar-refractivity contribution in [1.82, 2.24) is 4.31 Å². The number of aliphatic carboxylic acids is 1. The zero-order valence-corrected chi connectivity index (χ0v) is 21.6. The predicted molar refractivity (Wildman–Crippen MR) is 110 cm³/mol. The van der Waals surface area contributed by atoms with Gasteiger partial charge in [-0.25, -0.2) is 13.2 Å². The summed E-state index contributed by atoms with van der Waals surface area (Å²) in [6.45, 7) is -1.50. The highest BCUT2D eigenvalue weighted by molar-refractivity contribution is 7.90. The smallest absolute Gasteiger partial charge is 0.460 e. The van der Waals surface area contributed by atoms with E-state index in [0.29, 0.717) is 12.8 Å². The molecule has 0 fully saturated rings. The summed E-state index contributed by atoms with van der Waals surface area (Å²) in [5, 5.41) is 1.54. The van der Waals surface area contributed by atoms with Crippen molar-refractivity contribution in [2.24, 2.45) is 0 Å². The fourth-order valence-electron chi connectivity index (χ4n) is 3.27. The molecule has 0 rings (SSSR count). The number of nitrogens with zero attached hydrogens (tertiary/aromatic N) is 2. The van der Waals surface area contributed by atoms with Gasteiger partial charge in [-0.2, -0.15) is 61.4 Å². The molecule has 0 saturated carbocycles. The van der Waals surface area contributed by atoms with E-state index in [1.807, 2.05) is 0 Å². The second kappa shape index (κ2) is 12.1. The molecule has 0 heterocycles. The topological polar surface area (TPSA) is 74.7 Å². The highest BCUT2D eigenvalue weighted by Gasteiger charge is 2.92. The van der Waals surface area contributed by atoms with E-state index in [4.69, 9.17) is 5.11 Å². The minimum Gasteiger partial charge on any atom is -0.477 e. The van der Waals surface area contributed by atoms with Gasteiger partial charge in [0.1, 0.15) is 0 Å². The Balaban J connectivity index is 6.50. The average molecular weight is 627 g/mol. The summed E-state index contributed by atoms with van der Waals surface area (Å²) in [5.74, 6) is -33.7. The second-order valence-electron chi connectivity index (χ2n) is 9.34. The molecule has 1 N–H and O–H groups in total. The van der Waals surface area contributed by atoms with E-state index in [-0.39, 0.29) is 19.4 Å². The molecule has 0 amide bonds. The maximum absolute atomic E-state index is 14.5. The molecule has 39 heavy (non-hydrogen) atoms. The Morgan fingerprint density at radius 1 is 0.718 bits per heavy atom. The molecule has 0 radical (unpaired) electrons. The molecule has 0 bridgehead atoms. The number of likely N-dealkylation sites (N-methyl/N-ethyl adjacent to an activating group) is 1. The first-order chi connectivity index (χ1) is 17.1. The van der Waals surface area contributed by atoms with Crippen LogP contribution >= 0.6 is 0 Å². The monoisotopic (exact) mass is 627 g/mol. The number of carboxylic acid groups (broad SMARTS) is 1. The van der Waals surface area contributed by atoms with Gasteiger partial charge in [0.25, 0.3) is 10.0 Å². The SMILES string of the molecule is CCCCCCN(CCC[N+](C)(C)CC(=O)O)S(=O)(=O)C(F)(F)C(F)(F)C(F)(F)C(F)(F)C(F)(F)C(F)(F)F. The van der Waals surface area contributed by atoms with E-state index >= 15 is 0 Å². The van der Waals surface area contributed by atoms with Crippen LogP contribution in [0.25, 0.3) is 0 Å². The van der Waals surface area contributed by atoms with E-state index in [2.05, 4.69) is 0 Å². The Morgan fingerprint density at radius 3 is 1.56 bits per heavy atom. The van der Waals surface area contributed by atoms with Gasteiger partial charge in [0.15, 0.2) is 6.54 Å².